The van der Waals surface area contributed by atoms with Gasteiger partial charge in [-0.3, -0.25) is 0 Å². The molecule has 0 aliphatic rings. The first-order chi connectivity index (χ1) is 21.0. The maximum atomic E-state index is 4.12. The Balaban J connectivity index is 1.78. The summed E-state index contributed by atoms with van der Waals surface area (Å²) in [7, 11) is -1.32. The van der Waals surface area contributed by atoms with Crippen LogP contribution in [0.4, 0.5) is 0 Å². The van der Waals surface area contributed by atoms with Crippen LogP contribution in [0.3, 0.4) is 0 Å². The fourth-order valence-corrected chi connectivity index (χ4v) is 12.5. The average molecular weight is 592 g/mol. The lowest BCUT2D eigenvalue weighted by molar-refractivity contribution is 1.04. The molecule has 2 bridgehead atoms. The third-order valence-electron chi connectivity index (χ3n) is 8.90. The largest absolute Gasteiger partial charge is 0.354 e. The van der Waals surface area contributed by atoms with Crippen LogP contribution in [-0.2, 0) is 0 Å². The summed E-state index contributed by atoms with van der Waals surface area (Å²) in [5.41, 5.74) is 3.42. The number of rotatable bonds is 2. The van der Waals surface area contributed by atoms with E-state index in [1.165, 1.54) is 74.6 Å². The van der Waals surface area contributed by atoms with Crippen LogP contribution in [0.1, 0.15) is 39.0 Å². The molecule has 7 aromatic carbocycles. The van der Waals surface area contributed by atoms with E-state index in [-0.39, 0.29) is 0 Å². The van der Waals surface area contributed by atoms with E-state index >= 15 is 0 Å². The molecule has 1 nitrogen and oxygen atoms in total. The normalized spacial score (nSPS) is 13.0. The molecule has 3 heteroatoms. The highest BCUT2D eigenvalue weighted by Gasteiger charge is 2.14. The molecular formula is C40H35NP2. The highest BCUT2D eigenvalue weighted by molar-refractivity contribution is 7.61. The second-order valence-corrected chi connectivity index (χ2v) is 17.8. The molecule has 0 aliphatic heterocycles. The van der Waals surface area contributed by atoms with Crippen molar-refractivity contribution in [3.8, 4) is 0 Å². The van der Waals surface area contributed by atoms with Crippen LogP contribution in [-0.4, -0.2) is 4.98 Å². The highest BCUT2D eigenvalue weighted by atomic mass is 31.1. The molecule has 0 saturated heterocycles. The van der Waals surface area contributed by atoms with Gasteiger partial charge in [-0.1, -0.05) is 113 Å². The number of aromatic amines is 1. The van der Waals surface area contributed by atoms with E-state index < -0.39 is 15.1 Å². The fraction of sp³-hybridized carbons (Fsp3) is 0.150. The molecule has 0 fully saturated rings. The van der Waals surface area contributed by atoms with Gasteiger partial charge in [-0.25, -0.2) is 0 Å². The second-order valence-electron chi connectivity index (χ2n) is 12.3. The van der Waals surface area contributed by atoms with E-state index in [1.54, 1.807) is 0 Å². The Bertz CT molecular complexity index is 2300. The minimum Gasteiger partial charge on any atom is -0.354 e. The van der Waals surface area contributed by atoms with Gasteiger partial charge in [-0.2, -0.15) is 0 Å². The fourth-order valence-electron chi connectivity index (χ4n) is 7.01. The molecular weight excluding hydrogens is 556 g/mol. The molecule has 2 unspecified atom stereocenters. The third kappa shape index (κ3) is 4.38. The van der Waals surface area contributed by atoms with Gasteiger partial charge in [0.2, 0.25) is 0 Å². The topological polar surface area (TPSA) is 15.8 Å². The van der Waals surface area contributed by atoms with Crippen LogP contribution in [0, 0.1) is 0 Å². The van der Waals surface area contributed by atoms with E-state index in [0.717, 1.165) is 0 Å². The van der Waals surface area contributed by atoms with Crippen molar-refractivity contribution in [1.82, 2.24) is 4.98 Å². The first kappa shape index (κ1) is 26.6. The van der Waals surface area contributed by atoms with Crippen LogP contribution >= 0.6 is 15.1 Å². The molecule has 1 aromatic heterocycles. The van der Waals surface area contributed by atoms with Crippen molar-refractivity contribution in [3.05, 3.63) is 121 Å². The van der Waals surface area contributed by atoms with Crippen LogP contribution < -0.4 is 0 Å². The van der Waals surface area contributed by atoms with E-state index in [4.69, 9.17) is 0 Å². The third-order valence-corrected chi connectivity index (χ3v) is 14.6. The summed E-state index contributed by atoms with van der Waals surface area (Å²) in [4.78, 5) is 4.12. The zero-order valence-electron chi connectivity index (χ0n) is 25.1. The Kier molecular flexibility index (Phi) is 6.38. The molecule has 43 heavy (non-hydrogen) atoms. The predicted molar refractivity (Wildman–Crippen MR) is 196 cm³/mol. The second kappa shape index (κ2) is 10.3. The zero-order chi connectivity index (χ0) is 29.2. The number of hydrogen-bond donors (Lipinski definition) is 1. The molecule has 0 spiro atoms. The molecule has 8 aromatic rings. The van der Waals surface area contributed by atoms with Crippen LogP contribution in [0.5, 0.6) is 0 Å². The van der Waals surface area contributed by atoms with Gasteiger partial charge in [-0.15, -0.1) is 15.1 Å². The lowest BCUT2D eigenvalue weighted by Crippen LogP contribution is -1.85. The van der Waals surface area contributed by atoms with Crippen LogP contribution in [0.2, 0.25) is 0 Å². The van der Waals surface area contributed by atoms with Crippen molar-refractivity contribution in [1.29, 1.82) is 0 Å². The Morgan fingerprint density at radius 3 is 1.21 bits per heavy atom. The molecule has 1 N–H and O–H groups in total. The van der Waals surface area contributed by atoms with Gasteiger partial charge in [0.15, 0.2) is 0 Å². The van der Waals surface area contributed by atoms with Gasteiger partial charge in [0.1, 0.15) is 0 Å². The average Bonchev–Trinajstić information content (AvgIpc) is 3.00. The standard InChI is InChI=1S/C40H35NP2/c1-25(2)42-37-17-9-15-31-19-32-16-10-18-38(34(32)24-33(31)37)43(26(3)4)40-23-30-14-8-6-12-28(30)21-36(40)41-35-20-27-11-5-7-13-29(27)22-39(35)42/h5-26,41H,1-4H3. The molecule has 8 rings (SSSR count). The molecule has 1 heterocycles. The minimum absolute atomic E-state index is 0.472. The van der Waals surface area contributed by atoms with Crippen molar-refractivity contribution >= 4 is 89.7 Å². The number of nitrogens with one attached hydrogen (secondary N) is 1. The molecule has 210 valence electrons. The summed E-state index contributed by atoms with van der Waals surface area (Å²) < 4.78 is 0. The maximum absolute atomic E-state index is 4.12. The monoisotopic (exact) mass is 591 g/mol. The molecule has 0 radical (unpaired) electrons. The molecule has 2 atom stereocenters. The highest BCUT2D eigenvalue weighted by Crippen LogP contribution is 2.54. The van der Waals surface area contributed by atoms with E-state index in [1.807, 2.05) is 0 Å². The van der Waals surface area contributed by atoms with Gasteiger partial charge < -0.3 is 4.98 Å². The lowest BCUT2D eigenvalue weighted by Gasteiger charge is -2.18. The number of hydrogen-bond acceptors (Lipinski definition) is 0. The summed E-state index contributed by atoms with van der Waals surface area (Å²) in [6.45, 7) is 9.62. The van der Waals surface area contributed by atoms with Crippen molar-refractivity contribution in [2.45, 2.75) is 39.0 Å². The van der Waals surface area contributed by atoms with Gasteiger partial charge in [0.25, 0.3) is 0 Å². The van der Waals surface area contributed by atoms with Crippen molar-refractivity contribution < 1.29 is 0 Å². The van der Waals surface area contributed by atoms with Crippen molar-refractivity contribution in [2.75, 3.05) is 0 Å². The van der Waals surface area contributed by atoms with E-state index in [0.29, 0.717) is 11.3 Å². The minimum atomic E-state index is -0.661. The van der Waals surface area contributed by atoms with Crippen LogP contribution in [0.15, 0.2) is 121 Å². The Hall–Kier alpha value is -4.02. The van der Waals surface area contributed by atoms with Gasteiger partial charge >= 0.3 is 0 Å². The number of fused-ring (bicyclic) bond motifs is 4. The first-order valence-electron chi connectivity index (χ1n) is 15.3. The van der Waals surface area contributed by atoms with Crippen molar-refractivity contribution in [3.63, 3.8) is 0 Å². The molecule has 0 saturated carbocycles. The summed E-state index contributed by atoms with van der Waals surface area (Å²) in [6, 6.07) is 46.4. The van der Waals surface area contributed by atoms with Gasteiger partial charge in [0.05, 0.1) is 11.0 Å². The van der Waals surface area contributed by atoms with Crippen molar-refractivity contribution in [2.24, 2.45) is 0 Å². The van der Waals surface area contributed by atoms with Gasteiger partial charge in [0, 0.05) is 20.5 Å². The Labute approximate surface area is 254 Å². The summed E-state index contributed by atoms with van der Waals surface area (Å²) in [6.07, 6.45) is 0. The van der Waals surface area contributed by atoms with Crippen LogP contribution in [0.25, 0.3) is 74.6 Å². The number of H-pyrrole nitrogens is 1. The maximum Gasteiger partial charge on any atom is 0.0505 e. The van der Waals surface area contributed by atoms with E-state index in [2.05, 4.69) is 154 Å². The smallest absolute Gasteiger partial charge is 0.0505 e. The van der Waals surface area contributed by atoms with Gasteiger partial charge in [-0.05, 0) is 90.8 Å². The summed E-state index contributed by atoms with van der Waals surface area (Å²) in [5, 5.41) is 16.5. The SMILES string of the molecule is CC(C)p1c2cc3ccccc3cc2[nH]c2cc3ccccc3cc2p(C(C)C)c2cccc3cc4cccc1c4cc32. The molecule has 0 amide bonds. The zero-order valence-corrected chi connectivity index (χ0v) is 26.9. The number of benzene rings is 7. The number of aromatic nitrogens is 1. The lowest BCUT2D eigenvalue weighted by atomic mass is 10.0. The molecule has 0 aliphatic carbocycles. The Morgan fingerprint density at radius 1 is 0.395 bits per heavy atom. The Morgan fingerprint density at radius 2 is 0.791 bits per heavy atom. The summed E-state index contributed by atoms with van der Waals surface area (Å²) >= 11 is 0. The predicted octanol–water partition coefficient (Wildman–Crippen LogP) is 13.9. The first-order valence-corrected chi connectivity index (χ1v) is 18.1. The quantitative estimate of drug-likeness (QED) is 0.193. The van der Waals surface area contributed by atoms with E-state index in [9.17, 15) is 0 Å². The summed E-state index contributed by atoms with van der Waals surface area (Å²) in [5.74, 6) is 0.